The number of piperazine rings is 1. The van der Waals surface area contributed by atoms with E-state index in [0.717, 1.165) is 6.20 Å². The molecule has 2 saturated heterocycles. The number of nitrogens with one attached hydrogen (secondary N) is 1. The minimum Gasteiger partial charge on any atom is -0.332 e. The molecule has 8 heteroatoms. The van der Waals surface area contributed by atoms with Crippen LogP contribution in [0.1, 0.15) is 10.4 Å². The zero-order chi connectivity index (χ0) is 18.3. The molecule has 0 spiro atoms. The van der Waals surface area contributed by atoms with Gasteiger partial charge in [-0.2, -0.15) is 0 Å². The van der Waals surface area contributed by atoms with Crippen LogP contribution in [0, 0.1) is 5.82 Å². The number of pyridine rings is 1. The molecule has 3 heterocycles. The van der Waals surface area contributed by atoms with Gasteiger partial charge in [0.05, 0.1) is 23.7 Å². The van der Waals surface area contributed by atoms with Gasteiger partial charge in [0.15, 0.2) is 9.84 Å². The van der Waals surface area contributed by atoms with Crippen LogP contribution in [0.2, 0.25) is 0 Å². The van der Waals surface area contributed by atoms with Gasteiger partial charge in [-0.1, -0.05) is 12.1 Å². The Kier molecular flexibility index (Phi) is 4.24. The SMILES string of the molecule is O=C(c1ccc(-c2ccncc2F)cc1)N1CCN[C@H]2CS(=O)(=O)C[C@H]21. The summed E-state index contributed by atoms with van der Waals surface area (Å²) >= 11 is 0. The molecule has 0 radical (unpaired) electrons. The number of carbonyl (C=O) groups excluding carboxylic acids is 1. The van der Waals surface area contributed by atoms with Gasteiger partial charge in [0.1, 0.15) is 5.82 Å². The van der Waals surface area contributed by atoms with Gasteiger partial charge < -0.3 is 10.2 Å². The molecule has 26 heavy (non-hydrogen) atoms. The second-order valence-corrected chi connectivity index (χ2v) is 8.79. The molecular formula is C18H18FN3O3S. The van der Waals surface area contributed by atoms with Gasteiger partial charge in [0.2, 0.25) is 0 Å². The lowest BCUT2D eigenvalue weighted by Crippen LogP contribution is -2.59. The summed E-state index contributed by atoms with van der Waals surface area (Å²) in [5.41, 5.74) is 1.54. The molecule has 0 saturated carbocycles. The Hall–Kier alpha value is -2.32. The predicted molar refractivity (Wildman–Crippen MR) is 94.9 cm³/mol. The van der Waals surface area contributed by atoms with Crippen molar-refractivity contribution in [1.82, 2.24) is 15.2 Å². The van der Waals surface area contributed by atoms with Crippen molar-refractivity contribution in [1.29, 1.82) is 0 Å². The first-order valence-electron chi connectivity index (χ1n) is 8.39. The number of nitrogens with zero attached hydrogens (tertiary/aromatic N) is 2. The Morgan fingerprint density at radius 1 is 1.19 bits per heavy atom. The van der Waals surface area contributed by atoms with E-state index in [4.69, 9.17) is 0 Å². The van der Waals surface area contributed by atoms with Crippen LogP contribution < -0.4 is 5.32 Å². The highest BCUT2D eigenvalue weighted by Crippen LogP contribution is 2.25. The van der Waals surface area contributed by atoms with Crippen LogP contribution >= 0.6 is 0 Å². The number of benzene rings is 1. The third kappa shape index (κ3) is 3.10. The molecule has 0 aliphatic carbocycles. The lowest BCUT2D eigenvalue weighted by molar-refractivity contribution is 0.0621. The summed E-state index contributed by atoms with van der Waals surface area (Å²) in [5.74, 6) is -0.550. The Labute approximate surface area is 151 Å². The number of hydrogen-bond acceptors (Lipinski definition) is 5. The molecule has 1 aromatic heterocycles. The molecule has 1 amide bonds. The van der Waals surface area contributed by atoms with Crippen molar-refractivity contribution in [3.63, 3.8) is 0 Å². The van der Waals surface area contributed by atoms with Crippen LogP contribution in [0.3, 0.4) is 0 Å². The maximum absolute atomic E-state index is 13.8. The first kappa shape index (κ1) is 17.1. The van der Waals surface area contributed by atoms with E-state index in [-0.39, 0.29) is 29.5 Å². The largest absolute Gasteiger partial charge is 0.332 e. The number of carbonyl (C=O) groups is 1. The van der Waals surface area contributed by atoms with E-state index in [1.54, 1.807) is 35.2 Å². The average molecular weight is 375 g/mol. The first-order valence-corrected chi connectivity index (χ1v) is 10.2. The highest BCUT2D eigenvalue weighted by molar-refractivity contribution is 7.91. The van der Waals surface area contributed by atoms with Crippen molar-refractivity contribution in [3.05, 3.63) is 54.1 Å². The van der Waals surface area contributed by atoms with Crippen LogP contribution in [0.15, 0.2) is 42.7 Å². The number of halogens is 1. The Balaban J connectivity index is 1.58. The van der Waals surface area contributed by atoms with Crippen molar-refractivity contribution in [3.8, 4) is 11.1 Å². The summed E-state index contributed by atoms with van der Waals surface area (Å²) in [6, 6.07) is 7.72. The van der Waals surface area contributed by atoms with Crippen molar-refractivity contribution in [2.24, 2.45) is 0 Å². The number of rotatable bonds is 2. The van der Waals surface area contributed by atoms with E-state index in [2.05, 4.69) is 10.3 Å². The molecule has 2 atom stereocenters. The normalized spacial score (nSPS) is 24.3. The third-order valence-electron chi connectivity index (χ3n) is 4.96. The lowest BCUT2D eigenvalue weighted by Gasteiger charge is -2.37. The minimum absolute atomic E-state index is 0.00326. The second kappa shape index (κ2) is 6.44. The summed E-state index contributed by atoms with van der Waals surface area (Å²) < 4.78 is 37.7. The van der Waals surface area contributed by atoms with E-state index < -0.39 is 15.7 Å². The van der Waals surface area contributed by atoms with Crippen molar-refractivity contribution < 1.29 is 17.6 Å². The van der Waals surface area contributed by atoms with E-state index in [1.165, 1.54) is 6.20 Å². The lowest BCUT2D eigenvalue weighted by atomic mass is 10.0. The molecule has 2 aliphatic heterocycles. The molecular weight excluding hydrogens is 357 g/mol. The number of amides is 1. The van der Waals surface area contributed by atoms with Gasteiger partial charge in [-0.05, 0) is 23.8 Å². The smallest absolute Gasteiger partial charge is 0.254 e. The second-order valence-electron chi connectivity index (χ2n) is 6.64. The van der Waals surface area contributed by atoms with Crippen LogP contribution in [-0.4, -0.2) is 60.9 Å². The zero-order valence-corrected chi connectivity index (χ0v) is 14.7. The predicted octanol–water partition coefficient (Wildman–Crippen LogP) is 1.10. The van der Waals surface area contributed by atoms with E-state index >= 15 is 0 Å². The summed E-state index contributed by atoms with van der Waals surface area (Å²) in [4.78, 5) is 18.3. The Morgan fingerprint density at radius 2 is 1.96 bits per heavy atom. The number of fused-ring (bicyclic) bond motifs is 1. The minimum atomic E-state index is -3.13. The molecule has 0 unspecified atom stereocenters. The summed E-state index contributed by atoms with van der Waals surface area (Å²) in [7, 11) is -3.13. The van der Waals surface area contributed by atoms with Gasteiger partial charge in [0, 0.05) is 36.5 Å². The fraction of sp³-hybridized carbons (Fsp3) is 0.333. The highest BCUT2D eigenvalue weighted by Gasteiger charge is 2.44. The summed E-state index contributed by atoms with van der Waals surface area (Å²) in [5, 5.41) is 3.19. The van der Waals surface area contributed by atoms with E-state index in [0.29, 0.717) is 29.8 Å². The summed E-state index contributed by atoms with van der Waals surface area (Å²) in [6.07, 6.45) is 2.66. The maximum atomic E-state index is 13.8. The van der Waals surface area contributed by atoms with Gasteiger partial charge in [0.25, 0.3) is 5.91 Å². The van der Waals surface area contributed by atoms with Gasteiger partial charge in [-0.3, -0.25) is 9.78 Å². The van der Waals surface area contributed by atoms with Crippen LogP contribution in [0.4, 0.5) is 4.39 Å². The molecule has 1 aromatic carbocycles. The van der Waals surface area contributed by atoms with Gasteiger partial charge in [-0.25, -0.2) is 12.8 Å². The molecule has 4 rings (SSSR count). The average Bonchev–Trinajstić information content (AvgIpc) is 2.95. The molecule has 1 N–H and O–H groups in total. The fourth-order valence-corrected chi connectivity index (χ4v) is 5.64. The molecule has 6 nitrogen and oxygen atoms in total. The van der Waals surface area contributed by atoms with Crippen molar-refractivity contribution >= 4 is 15.7 Å². The molecule has 136 valence electrons. The third-order valence-corrected chi connectivity index (χ3v) is 6.67. The molecule has 2 aliphatic rings. The molecule has 2 fully saturated rings. The molecule has 0 bridgehead atoms. The van der Waals surface area contributed by atoms with Crippen LogP contribution in [-0.2, 0) is 9.84 Å². The fourth-order valence-electron chi connectivity index (χ4n) is 3.69. The Bertz CT molecular complexity index is 946. The quantitative estimate of drug-likeness (QED) is 0.850. The topological polar surface area (TPSA) is 79.4 Å². The number of aromatic nitrogens is 1. The van der Waals surface area contributed by atoms with Crippen LogP contribution in [0.5, 0.6) is 0 Å². The number of sulfone groups is 1. The zero-order valence-electron chi connectivity index (χ0n) is 13.9. The first-order chi connectivity index (χ1) is 12.4. The monoisotopic (exact) mass is 375 g/mol. The van der Waals surface area contributed by atoms with Gasteiger partial charge >= 0.3 is 0 Å². The van der Waals surface area contributed by atoms with E-state index in [9.17, 15) is 17.6 Å². The van der Waals surface area contributed by atoms with Crippen molar-refractivity contribution in [2.75, 3.05) is 24.6 Å². The standard InChI is InChI=1S/C18H18FN3O3S/c19-15-9-20-6-5-14(15)12-1-3-13(4-2-12)18(23)22-8-7-21-16-10-26(24,25)11-17(16)22/h1-6,9,16-17,21H,7-8,10-11H2/t16-,17+/m0/s1. The molecule has 2 aromatic rings. The van der Waals surface area contributed by atoms with E-state index in [1.807, 2.05) is 0 Å². The Morgan fingerprint density at radius 3 is 2.69 bits per heavy atom. The number of hydrogen-bond donors (Lipinski definition) is 1. The van der Waals surface area contributed by atoms with Gasteiger partial charge in [-0.15, -0.1) is 0 Å². The van der Waals surface area contributed by atoms with Crippen molar-refractivity contribution in [2.45, 2.75) is 12.1 Å². The summed E-state index contributed by atoms with van der Waals surface area (Å²) in [6.45, 7) is 1.04. The van der Waals surface area contributed by atoms with Crippen LogP contribution in [0.25, 0.3) is 11.1 Å². The highest BCUT2D eigenvalue weighted by atomic mass is 32.2. The maximum Gasteiger partial charge on any atom is 0.254 e.